The molecular formula is C15H28IN3O2S. The van der Waals surface area contributed by atoms with Crippen LogP contribution in [0.15, 0.2) is 4.99 Å². The molecule has 0 spiro atoms. The normalized spacial score (nSPS) is 34.2. The van der Waals surface area contributed by atoms with E-state index in [1.165, 1.54) is 32.1 Å². The lowest BCUT2D eigenvalue weighted by Crippen LogP contribution is -2.44. The Morgan fingerprint density at radius 3 is 2.41 bits per heavy atom. The lowest BCUT2D eigenvalue weighted by molar-refractivity contribution is 0.579. The van der Waals surface area contributed by atoms with Gasteiger partial charge in [-0.05, 0) is 37.5 Å². The molecule has 3 atom stereocenters. The number of nitrogens with one attached hydrogen (secondary N) is 2. The maximum atomic E-state index is 11.5. The third kappa shape index (κ3) is 5.25. The van der Waals surface area contributed by atoms with Crippen molar-refractivity contribution >= 4 is 39.8 Å². The Bertz CT molecular complexity index is 503. The molecule has 2 saturated carbocycles. The van der Waals surface area contributed by atoms with Gasteiger partial charge in [0.05, 0.1) is 11.5 Å². The minimum atomic E-state index is -2.80. The minimum Gasteiger partial charge on any atom is -0.354 e. The number of aliphatic imine (C=N–C) groups is 1. The summed E-state index contributed by atoms with van der Waals surface area (Å²) in [5.74, 6) is 2.49. The largest absolute Gasteiger partial charge is 0.354 e. The molecule has 3 aliphatic rings. The maximum absolute atomic E-state index is 11.5. The highest BCUT2D eigenvalue weighted by Gasteiger charge is 2.34. The monoisotopic (exact) mass is 441 g/mol. The summed E-state index contributed by atoms with van der Waals surface area (Å²) in [5, 5.41) is 7.04. The summed E-state index contributed by atoms with van der Waals surface area (Å²) in [7, 11) is -2.80. The Kier molecular flexibility index (Phi) is 6.39. The standard InChI is InChI=1S/C15H27N3O2S.HI/c1-11-8-14(11)18-15(17-13-4-2-3-5-13)16-9-12-6-7-21(19,20)10-12;/h11-14H,2-10H2,1H3,(H2,16,17,18);1H. The first-order valence-corrected chi connectivity index (χ1v) is 10.1. The molecule has 0 aromatic carbocycles. The van der Waals surface area contributed by atoms with Gasteiger partial charge < -0.3 is 10.6 Å². The van der Waals surface area contributed by atoms with Crippen molar-refractivity contribution in [2.45, 2.75) is 57.5 Å². The number of hydrogen-bond acceptors (Lipinski definition) is 3. The van der Waals surface area contributed by atoms with Crippen LogP contribution in [0.3, 0.4) is 0 Å². The molecule has 2 aliphatic carbocycles. The summed E-state index contributed by atoms with van der Waals surface area (Å²) < 4.78 is 23.0. The van der Waals surface area contributed by atoms with Gasteiger partial charge in [-0.15, -0.1) is 24.0 Å². The van der Waals surface area contributed by atoms with Crippen LogP contribution in [0.1, 0.15) is 45.4 Å². The van der Waals surface area contributed by atoms with E-state index in [0.29, 0.717) is 30.1 Å². The molecule has 2 N–H and O–H groups in total. The Morgan fingerprint density at radius 1 is 1.18 bits per heavy atom. The van der Waals surface area contributed by atoms with E-state index in [1.54, 1.807) is 0 Å². The van der Waals surface area contributed by atoms with Crippen LogP contribution in [-0.2, 0) is 9.84 Å². The van der Waals surface area contributed by atoms with Crippen molar-refractivity contribution in [1.29, 1.82) is 0 Å². The second-order valence-corrected chi connectivity index (χ2v) is 9.28. The van der Waals surface area contributed by atoms with Crippen LogP contribution in [0.25, 0.3) is 0 Å². The number of nitrogens with zero attached hydrogens (tertiary/aromatic N) is 1. The second kappa shape index (κ2) is 7.68. The van der Waals surface area contributed by atoms with E-state index in [2.05, 4.69) is 22.5 Å². The molecule has 1 saturated heterocycles. The van der Waals surface area contributed by atoms with Gasteiger partial charge in [0.2, 0.25) is 0 Å². The Balaban J connectivity index is 0.00000176. The van der Waals surface area contributed by atoms with Gasteiger partial charge in [0.1, 0.15) is 0 Å². The van der Waals surface area contributed by atoms with Crippen molar-refractivity contribution < 1.29 is 8.42 Å². The molecule has 3 unspecified atom stereocenters. The van der Waals surface area contributed by atoms with Crippen LogP contribution >= 0.6 is 24.0 Å². The number of guanidine groups is 1. The highest BCUT2D eigenvalue weighted by atomic mass is 127. The fraction of sp³-hybridized carbons (Fsp3) is 0.933. The van der Waals surface area contributed by atoms with E-state index >= 15 is 0 Å². The topological polar surface area (TPSA) is 70.6 Å². The molecule has 3 rings (SSSR count). The lowest BCUT2D eigenvalue weighted by Gasteiger charge is -2.18. The van der Waals surface area contributed by atoms with Gasteiger partial charge in [-0.3, -0.25) is 4.99 Å². The van der Waals surface area contributed by atoms with E-state index in [0.717, 1.165) is 18.3 Å². The zero-order valence-corrected chi connectivity index (χ0v) is 16.4. The van der Waals surface area contributed by atoms with Crippen molar-refractivity contribution in [3.8, 4) is 0 Å². The number of halogens is 1. The molecule has 0 aromatic rings. The molecule has 22 heavy (non-hydrogen) atoms. The maximum Gasteiger partial charge on any atom is 0.191 e. The summed E-state index contributed by atoms with van der Waals surface area (Å²) in [6, 6.07) is 1.09. The average molecular weight is 441 g/mol. The highest BCUT2D eigenvalue weighted by molar-refractivity contribution is 14.0. The van der Waals surface area contributed by atoms with E-state index in [4.69, 9.17) is 0 Å². The zero-order valence-electron chi connectivity index (χ0n) is 13.3. The molecule has 5 nitrogen and oxygen atoms in total. The molecule has 7 heteroatoms. The van der Waals surface area contributed by atoms with Gasteiger partial charge >= 0.3 is 0 Å². The van der Waals surface area contributed by atoms with E-state index in [9.17, 15) is 8.42 Å². The first kappa shape index (κ1) is 18.3. The quantitative estimate of drug-likeness (QED) is 0.398. The fourth-order valence-electron chi connectivity index (χ4n) is 3.33. The van der Waals surface area contributed by atoms with Crippen molar-refractivity contribution in [2.24, 2.45) is 16.8 Å². The Morgan fingerprint density at radius 2 is 1.86 bits per heavy atom. The number of hydrogen-bond donors (Lipinski definition) is 2. The summed E-state index contributed by atoms with van der Waals surface area (Å²) >= 11 is 0. The lowest BCUT2D eigenvalue weighted by atomic mass is 10.1. The van der Waals surface area contributed by atoms with Crippen molar-refractivity contribution in [3.63, 3.8) is 0 Å². The van der Waals surface area contributed by atoms with Crippen molar-refractivity contribution in [1.82, 2.24) is 10.6 Å². The molecular weight excluding hydrogens is 413 g/mol. The van der Waals surface area contributed by atoms with Gasteiger partial charge in [0.25, 0.3) is 0 Å². The van der Waals surface area contributed by atoms with E-state index in [-0.39, 0.29) is 29.9 Å². The first-order valence-electron chi connectivity index (χ1n) is 8.30. The Labute approximate surface area is 151 Å². The van der Waals surface area contributed by atoms with Crippen LogP contribution < -0.4 is 10.6 Å². The predicted molar refractivity (Wildman–Crippen MR) is 101 cm³/mol. The first-order chi connectivity index (χ1) is 10.0. The Hall–Kier alpha value is -0.0500. The summed E-state index contributed by atoms with van der Waals surface area (Å²) in [5.41, 5.74) is 0. The van der Waals surface area contributed by atoms with Gasteiger partial charge in [-0.1, -0.05) is 19.8 Å². The molecule has 128 valence electrons. The van der Waals surface area contributed by atoms with Crippen LogP contribution in [0.2, 0.25) is 0 Å². The molecule has 0 bridgehead atoms. The SMILES string of the molecule is CC1CC1NC(=NCC1CCS(=O)(=O)C1)NC1CCCC1.I. The number of sulfone groups is 1. The highest BCUT2D eigenvalue weighted by Crippen LogP contribution is 2.29. The van der Waals surface area contributed by atoms with Crippen molar-refractivity contribution in [3.05, 3.63) is 0 Å². The van der Waals surface area contributed by atoms with Crippen LogP contribution in [0.5, 0.6) is 0 Å². The molecule has 0 radical (unpaired) electrons. The van der Waals surface area contributed by atoms with Gasteiger partial charge in [-0.2, -0.15) is 0 Å². The molecule has 3 fully saturated rings. The van der Waals surface area contributed by atoms with Gasteiger partial charge in [0.15, 0.2) is 15.8 Å². The van der Waals surface area contributed by atoms with Crippen LogP contribution in [0, 0.1) is 11.8 Å². The summed E-state index contributed by atoms with van der Waals surface area (Å²) in [4.78, 5) is 4.68. The molecule has 1 heterocycles. The second-order valence-electron chi connectivity index (χ2n) is 7.05. The van der Waals surface area contributed by atoms with Gasteiger partial charge in [0, 0.05) is 18.6 Å². The average Bonchev–Trinajstić information content (AvgIpc) is 2.82. The van der Waals surface area contributed by atoms with Crippen molar-refractivity contribution in [2.75, 3.05) is 18.1 Å². The molecule has 0 aromatic heterocycles. The molecule has 1 aliphatic heterocycles. The number of rotatable bonds is 4. The van der Waals surface area contributed by atoms with Crippen LogP contribution in [-0.4, -0.2) is 44.5 Å². The molecule has 0 amide bonds. The summed E-state index contributed by atoms with van der Waals surface area (Å²) in [6.45, 7) is 2.87. The predicted octanol–water partition coefficient (Wildman–Crippen LogP) is 1.93. The van der Waals surface area contributed by atoms with E-state index < -0.39 is 9.84 Å². The fourth-order valence-corrected chi connectivity index (χ4v) is 5.18. The van der Waals surface area contributed by atoms with Gasteiger partial charge in [-0.25, -0.2) is 8.42 Å². The third-order valence-electron chi connectivity index (χ3n) is 4.96. The zero-order chi connectivity index (χ0) is 14.9. The van der Waals surface area contributed by atoms with Crippen LogP contribution in [0.4, 0.5) is 0 Å². The smallest absolute Gasteiger partial charge is 0.191 e. The summed E-state index contributed by atoms with van der Waals surface area (Å²) in [6.07, 6.45) is 7.01. The third-order valence-corrected chi connectivity index (χ3v) is 6.80. The van der Waals surface area contributed by atoms with E-state index in [1.807, 2.05) is 0 Å². The minimum absolute atomic E-state index is 0.